The smallest absolute Gasteiger partial charge is 0.239 e. The third-order valence-corrected chi connectivity index (χ3v) is 5.67. The molecule has 8 heteroatoms. The quantitative estimate of drug-likeness (QED) is 0.623. The number of nitrogens with one attached hydrogen (secondary N) is 2. The van der Waals surface area contributed by atoms with Crippen molar-refractivity contribution in [1.29, 1.82) is 0 Å². The fourth-order valence-corrected chi connectivity index (χ4v) is 4.10. The number of halogens is 1. The molecule has 0 radical (unpaired) electrons. The third kappa shape index (κ3) is 7.02. The molecule has 3 rings (SSSR count). The van der Waals surface area contributed by atoms with Crippen LogP contribution in [0.1, 0.15) is 30.1 Å². The molecule has 1 aromatic carbocycles. The summed E-state index contributed by atoms with van der Waals surface area (Å²) >= 11 is 6.43. The van der Waals surface area contributed by atoms with Crippen LogP contribution in [0.4, 0.5) is 5.82 Å². The maximum atomic E-state index is 12.5. The predicted molar refractivity (Wildman–Crippen MR) is 123 cm³/mol. The number of likely N-dealkylation sites (N-methyl/N-ethyl adjacent to an activating group) is 1. The van der Waals surface area contributed by atoms with Crippen LogP contribution in [0.3, 0.4) is 0 Å². The van der Waals surface area contributed by atoms with E-state index in [2.05, 4.69) is 20.5 Å². The SMILES string of the molecule is Cc1cccc(NC(=O)CN(C)CC(=O)NCC(c2ccccc2Cl)N2CCCC2)n1. The Labute approximate surface area is 188 Å². The zero-order valence-electron chi connectivity index (χ0n) is 18.1. The first kappa shape index (κ1) is 23.2. The molecule has 0 bridgehead atoms. The molecule has 0 saturated carbocycles. The second-order valence-corrected chi connectivity index (χ2v) is 8.38. The fourth-order valence-electron chi connectivity index (χ4n) is 3.84. The Morgan fingerprint density at radius 1 is 1.10 bits per heavy atom. The number of hydrogen-bond acceptors (Lipinski definition) is 5. The number of aryl methyl sites for hydroxylation is 1. The number of carbonyl (C=O) groups is 2. The minimum atomic E-state index is -0.209. The highest BCUT2D eigenvalue weighted by Crippen LogP contribution is 2.29. The van der Waals surface area contributed by atoms with Crippen molar-refractivity contribution in [2.24, 2.45) is 0 Å². The molecule has 7 nitrogen and oxygen atoms in total. The molecule has 1 unspecified atom stereocenters. The van der Waals surface area contributed by atoms with Crippen LogP contribution < -0.4 is 10.6 Å². The highest BCUT2D eigenvalue weighted by Gasteiger charge is 2.25. The number of hydrogen-bond donors (Lipinski definition) is 2. The summed E-state index contributed by atoms with van der Waals surface area (Å²) in [5, 5.41) is 6.49. The summed E-state index contributed by atoms with van der Waals surface area (Å²) in [6.45, 7) is 4.57. The van der Waals surface area contributed by atoms with Crippen LogP contribution in [-0.4, -0.2) is 66.4 Å². The molecule has 166 valence electrons. The minimum Gasteiger partial charge on any atom is -0.353 e. The van der Waals surface area contributed by atoms with Gasteiger partial charge in [-0.05, 0) is 63.7 Å². The highest BCUT2D eigenvalue weighted by atomic mass is 35.5. The van der Waals surface area contributed by atoms with Crippen LogP contribution in [-0.2, 0) is 9.59 Å². The monoisotopic (exact) mass is 443 g/mol. The van der Waals surface area contributed by atoms with Crippen molar-refractivity contribution >= 4 is 29.2 Å². The maximum absolute atomic E-state index is 12.5. The molecule has 1 aliphatic rings. The Bertz CT molecular complexity index is 901. The standard InChI is InChI=1S/C23H30ClN5O2/c1-17-8-7-11-21(26-17)27-23(31)16-28(2)15-22(30)25-14-20(29-12-5-6-13-29)18-9-3-4-10-19(18)24/h3-4,7-11,20H,5-6,12-16H2,1-2H3,(H,25,30)(H,26,27,31). The molecule has 2 N–H and O–H groups in total. The summed E-state index contributed by atoms with van der Waals surface area (Å²) in [5.74, 6) is 0.177. The number of anilines is 1. The molecule has 1 aromatic heterocycles. The largest absolute Gasteiger partial charge is 0.353 e. The van der Waals surface area contributed by atoms with E-state index in [1.165, 1.54) is 0 Å². The van der Waals surface area contributed by atoms with E-state index in [1.807, 2.05) is 43.3 Å². The molecule has 2 aromatic rings. The van der Waals surface area contributed by atoms with Gasteiger partial charge in [0.2, 0.25) is 11.8 Å². The average molecular weight is 444 g/mol. The second-order valence-electron chi connectivity index (χ2n) is 7.97. The normalized spacial score (nSPS) is 15.1. The van der Waals surface area contributed by atoms with Crippen molar-refractivity contribution in [2.75, 3.05) is 45.1 Å². The first-order valence-corrected chi connectivity index (χ1v) is 11.0. The van der Waals surface area contributed by atoms with Gasteiger partial charge in [-0.25, -0.2) is 4.98 Å². The molecular weight excluding hydrogens is 414 g/mol. The molecule has 1 fully saturated rings. The van der Waals surface area contributed by atoms with Crippen LogP contribution >= 0.6 is 11.6 Å². The van der Waals surface area contributed by atoms with Crippen molar-refractivity contribution in [3.63, 3.8) is 0 Å². The zero-order valence-corrected chi connectivity index (χ0v) is 18.9. The van der Waals surface area contributed by atoms with Crippen LogP contribution in [0.15, 0.2) is 42.5 Å². The van der Waals surface area contributed by atoms with Crippen LogP contribution in [0, 0.1) is 6.92 Å². The Morgan fingerprint density at radius 3 is 2.52 bits per heavy atom. The van der Waals surface area contributed by atoms with Gasteiger partial charge in [-0.3, -0.25) is 19.4 Å². The van der Waals surface area contributed by atoms with Crippen molar-refractivity contribution in [2.45, 2.75) is 25.8 Å². The molecule has 1 saturated heterocycles. The van der Waals surface area contributed by atoms with E-state index >= 15 is 0 Å². The molecule has 0 aliphatic carbocycles. The lowest BCUT2D eigenvalue weighted by Crippen LogP contribution is -2.42. The average Bonchev–Trinajstić information content (AvgIpc) is 3.23. The lowest BCUT2D eigenvalue weighted by Gasteiger charge is -2.29. The van der Waals surface area contributed by atoms with Crippen molar-refractivity contribution in [3.05, 3.63) is 58.7 Å². The van der Waals surface area contributed by atoms with Crippen LogP contribution in [0.25, 0.3) is 0 Å². The van der Waals surface area contributed by atoms with Crippen molar-refractivity contribution in [1.82, 2.24) is 20.1 Å². The summed E-state index contributed by atoms with van der Waals surface area (Å²) in [5.41, 5.74) is 1.86. The number of rotatable bonds is 9. The summed E-state index contributed by atoms with van der Waals surface area (Å²) in [7, 11) is 1.74. The Hall–Kier alpha value is -2.48. The number of benzene rings is 1. The number of carbonyl (C=O) groups excluding carboxylic acids is 2. The van der Waals surface area contributed by atoms with Crippen molar-refractivity contribution < 1.29 is 9.59 Å². The lowest BCUT2D eigenvalue weighted by atomic mass is 10.1. The molecule has 0 spiro atoms. The third-order valence-electron chi connectivity index (χ3n) is 5.32. The number of likely N-dealkylation sites (tertiary alicyclic amines) is 1. The van der Waals surface area contributed by atoms with Gasteiger partial charge in [0.25, 0.3) is 0 Å². The van der Waals surface area contributed by atoms with Crippen LogP contribution in [0.5, 0.6) is 0 Å². The van der Waals surface area contributed by atoms with Gasteiger partial charge in [-0.15, -0.1) is 0 Å². The van der Waals surface area contributed by atoms with Gasteiger partial charge in [-0.1, -0.05) is 35.9 Å². The van der Waals surface area contributed by atoms with Gasteiger partial charge in [-0.2, -0.15) is 0 Å². The summed E-state index contributed by atoms with van der Waals surface area (Å²) in [4.78, 5) is 33.1. The molecule has 2 amide bonds. The molecule has 1 atom stereocenters. The van der Waals surface area contributed by atoms with Gasteiger partial charge < -0.3 is 10.6 Å². The summed E-state index contributed by atoms with van der Waals surface area (Å²) < 4.78 is 0. The molecular formula is C23H30ClN5O2. The number of nitrogens with zero attached hydrogens (tertiary/aromatic N) is 3. The van der Waals surface area contributed by atoms with E-state index in [0.717, 1.165) is 37.2 Å². The van der Waals surface area contributed by atoms with Gasteiger partial charge in [0.15, 0.2) is 0 Å². The van der Waals surface area contributed by atoms with E-state index < -0.39 is 0 Å². The van der Waals surface area contributed by atoms with E-state index in [9.17, 15) is 9.59 Å². The van der Waals surface area contributed by atoms with Gasteiger partial charge in [0, 0.05) is 17.3 Å². The topological polar surface area (TPSA) is 77.6 Å². The van der Waals surface area contributed by atoms with Gasteiger partial charge in [0.1, 0.15) is 5.82 Å². The number of pyridine rings is 1. The predicted octanol–water partition coefficient (Wildman–Crippen LogP) is 2.87. The zero-order chi connectivity index (χ0) is 22.2. The Kier molecular flexibility index (Phi) is 8.40. The number of aromatic nitrogens is 1. The van der Waals surface area contributed by atoms with Crippen molar-refractivity contribution in [3.8, 4) is 0 Å². The lowest BCUT2D eigenvalue weighted by molar-refractivity contribution is -0.123. The molecule has 1 aliphatic heterocycles. The van der Waals surface area contributed by atoms with E-state index in [0.29, 0.717) is 17.4 Å². The second kappa shape index (κ2) is 11.2. The van der Waals surface area contributed by atoms with Crippen LogP contribution in [0.2, 0.25) is 5.02 Å². The first-order valence-electron chi connectivity index (χ1n) is 10.6. The molecule has 31 heavy (non-hydrogen) atoms. The fraction of sp³-hybridized carbons (Fsp3) is 0.435. The summed E-state index contributed by atoms with van der Waals surface area (Å²) in [6.07, 6.45) is 2.31. The Morgan fingerprint density at radius 2 is 1.81 bits per heavy atom. The van der Waals surface area contributed by atoms with E-state index in [1.54, 1.807) is 18.0 Å². The maximum Gasteiger partial charge on any atom is 0.239 e. The van der Waals surface area contributed by atoms with Gasteiger partial charge >= 0.3 is 0 Å². The van der Waals surface area contributed by atoms with E-state index in [4.69, 9.17) is 11.6 Å². The number of amides is 2. The van der Waals surface area contributed by atoms with E-state index in [-0.39, 0.29) is 30.9 Å². The summed E-state index contributed by atoms with van der Waals surface area (Å²) in [6, 6.07) is 13.3. The highest BCUT2D eigenvalue weighted by molar-refractivity contribution is 6.31. The minimum absolute atomic E-state index is 0.0427. The van der Waals surface area contributed by atoms with Gasteiger partial charge in [0.05, 0.1) is 19.1 Å². The Balaban J connectivity index is 1.50. The molecule has 2 heterocycles. The first-order chi connectivity index (χ1) is 14.9.